The minimum Gasteiger partial charge on any atom is -0.321 e. The molecule has 0 radical (unpaired) electrons. The van der Waals surface area contributed by atoms with Crippen molar-refractivity contribution in [2.45, 2.75) is 0 Å². The molecule has 1 amide bonds. The van der Waals surface area contributed by atoms with E-state index in [1.165, 1.54) is 0 Å². The topological polar surface area (TPSA) is 88.2 Å². The van der Waals surface area contributed by atoms with Crippen molar-refractivity contribution in [2.75, 3.05) is 16.3 Å². The van der Waals surface area contributed by atoms with Crippen molar-refractivity contribution in [3.63, 3.8) is 0 Å². The van der Waals surface area contributed by atoms with Crippen molar-refractivity contribution in [3.05, 3.63) is 66.4 Å². The van der Waals surface area contributed by atoms with Crippen LogP contribution in [-0.2, 0) is 10.0 Å². The number of sulfonamides is 1. The molecule has 0 fully saturated rings. The van der Waals surface area contributed by atoms with E-state index in [0.717, 1.165) is 17.2 Å². The molecule has 2 N–H and O–H groups in total. The van der Waals surface area contributed by atoms with Crippen LogP contribution in [0.5, 0.6) is 0 Å². The number of amides is 1. The summed E-state index contributed by atoms with van der Waals surface area (Å²) in [5.74, 6) is -0.364. The normalized spacial score (nSPS) is 11.2. The summed E-state index contributed by atoms with van der Waals surface area (Å²) in [7, 11) is -3.37. The van der Waals surface area contributed by atoms with Gasteiger partial charge >= 0.3 is 0 Å². The molecule has 0 unspecified atom stereocenters. The van der Waals surface area contributed by atoms with Crippen LogP contribution in [0.15, 0.2) is 60.7 Å². The maximum atomic E-state index is 12.3. The number of fused-ring (bicyclic) bond motifs is 1. The molecule has 24 heavy (non-hydrogen) atoms. The van der Waals surface area contributed by atoms with Gasteiger partial charge < -0.3 is 5.32 Å². The number of carbonyl (C=O) groups excluding carboxylic acids is 1. The summed E-state index contributed by atoms with van der Waals surface area (Å²) in [5, 5.41) is 3.67. The van der Waals surface area contributed by atoms with E-state index in [1.54, 1.807) is 30.3 Å². The maximum absolute atomic E-state index is 12.3. The van der Waals surface area contributed by atoms with Gasteiger partial charge in [-0.3, -0.25) is 9.52 Å². The van der Waals surface area contributed by atoms with Gasteiger partial charge in [-0.1, -0.05) is 30.3 Å². The van der Waals surface area contributed by atoms with Crippen molar-refractivity contribution in [1.29, 1.82) is 0 Å². The van der Waals surface area contributed by atoms with Crippen molar-refractivity contribution in [2.24, 2.45) is 0 Å². The number of hydrogen-bond donors (Lipinski definition) is 2. The van der Waals surface area contributed by atoms with Crippen molar-refractivity contribution >= 4 is 38.2 Å². The van der Waals surface area contributed by atoms with Crippen LogP contribution in [0.25, 0.3) is 10.9 Å². The van der Waals surface area contributed by atoms with Crippen LogP contribution in [0.4, 0.5) is 11.4 Å². The lowest BCUT2D eigenvalue weighted by molar-refractivity contribution is 0.102. The van der Waals surface area contributed by atoms with Crippen LogP contribution in [0, 0.1) is 0 Å². The molecule has 1 heterocycles. The van der Waals surface area contributed by atoms with E-state index in [9.17, 15) is 13.2 Å². The molecule has 1 aromatic heterocycles. The first kappa shape index (κ1) is 15.9. The minimum atomic E-state index is -3.37. The Labute approximate surface area is 139 Å². The van der Waals surface area contributed by atoms with E-state index >= 15 is 0 Å². The fourth-order valence-corrected chi connectivity index (χ4v) is 2.82. The third-order valence-corrected chi connectivity index (χ3v) is 3.86. The van der Waals surface area contributed by atoms with E-state index in [-0.39, 0.29) is 11.6 Å². The Morgan fingerprint density at radius 3 is 2.50 bits per heavy atom. The van der Waals surface area contributed by atoms with E-state index < -0.39 is 10.0 Å². The zero-order valence-corrected chi connectivity index (χ0v) is 13.7. The van der Waals surface area contributed by atoms with Crippen LogP contribution >= 0.6 is 0 Å². The number of hydrogen-bond acceptors (Lipinski definition) is 4. The number of anilines is 2. The SMILES string of the molecule is CS(=O)(=O)Nc1cccc(NC(=O)c2ccc3ccccc3n2)c1. The molecule has 0 saturated heterocycles. The first-order chi connectivity index (χ1) is 11.4. The number of pyridine rings is 1. The average Bonchev–Trinajstić information content (AvgIpc) is 2.53. The summed E-state index contributed by atoms with van der Waals surface area (Å²) in [4.78, 5) is 16.7. The first-order valence-corrected chi connectivity index (χ1v) is 9.05. The Bertz CT molecular complexity index is 1020. The minimum absolute atomic E-state index is 0.287. The van der Waals surface area contributed by atoms with Crippen molar-refractivity contribution < 1.29 is 13.2 Å². The quantitative estimate of drug-likeness (QED) is 0.764. The average molecular weight is 341 g/mol. The highest BCUT2D eigenvalue weighted by Crippen LogP contribution is 2.17. The highest BCUT2D eigenvalue weighted by atomic mass is 32.2. The van der Waals surface area contributed by atoms with E-state index in [4.69, 9.17) is 0 Å². The highest BCUT2D eigenvalue weighted by Gasteiger charge is 2.09. The standard InChI is InChI=1S/C17H15N3O3S/c1-24(22,23)20-14-7-4-6-13(11-14)18-17(21)16-10-9-12-5-2-3-8-15(12)19-16/h2-11,20H,1H3,(H,18,21). The monoisotopic (exact) mass is 341 g/mol. The number of benzene rings is 2. The lowest BCUT2D eigenvalue weighted by atomic mass is 10.2. The number of para-hydroxylation sites is 1. The first-order valence-electron chi connectivity index (χ1n) is 7.16. The summed E-state index contributed by atoms with van der Waals surface area (Å²) in [5.41, 5.74) is 1.87. The van der Waals surface area contributed by atoms with Gasteiger partial charge in [-0.2, -0.15) is 0 Å². The fourth-order valence-electron chi connectivity index (χ4n) is 2.26. The lowest BCUT2D eigenvalue weighted by Gasteiger charge is -2.08. The number of nitrogens with zero attached hydrogens (tertiary/aromatic N) is 1. The lowest BCUT2D eigenvalue weighted by Crippen LogP contribution is -2.14. The number of rotatable bonds is 4. The van der Waals surface area contributed by atoms with Crippen molar-refractivity contribution in [1.82, 2.24) is 4.98 Å². The van der Waals surface area contributed by atoms with Gasteiger partial charge in [0.15, 0.2) is 0 Å². The molecule has 6 nitrogen and oxygen atoms in total. The third-order valence-electron chi connectivity index (χ3n) is 3.25. The van der Waals surface area contributed by atoms with Crippen LogP contribution in [0.2, 0.25) is 0 Å². The van der Waals surface area contributed by atoms with Gasteiger partial charge in [0.05, 0.1) is 17.5 Å². The molecule has 122 valence electrons. The smallest absolute Gasteiger partial charge is 0.274 e. The Kier molecular flexibility index (Phi) is 4.18. The summed E-state index contributed by atoms with van der Waals surface area (Å²) in [6.07, 6.45) is 1.07. The van der Waals surface area contributed by atoms with E-state index in [2.05, 4.69) is 15.0 Å². The Balaban J connectivity index is 1.82. The molecular weight excluding hydrogens is 326 g/mol. The van der Waals surface area contributed by atoms with Crippen molar-refractivity contribution in [3.8, 4) is 0 Å². The Morgan fingerprint density at radius 2 is 1.71 bits per heavy atom. The molecule has 0 aliphatic heterocycles. The van der Waals surface area contributed by atoms with Gasteiger partial charge in [-0.05, 0) is 30.3 Å². The molecule has 3 aromatic rings. The predicted molar refractivity (Wildman–Crippen MR) is 94.6 cm³/mol. The van der Waals surface area contributed by atoms with Gasteiger partial charge in [-0.25, -0.2) is 13.4 Å². The highest BCUT2D eigenvalue weighted by molar-refractivity contribution is 7.92. The van der Waals surface area contributed by atoms with E-state index in [1.807, 2.05) is 30.3 Å². The van der Waals surface area contributed by atoms with E-state index in [0.29, 0.717) is 11.4 Å². The number of aromatic nitrogens is 1. The summed E-state index contributed by atoms with van der Waals surface area (Å²) >= 11 is 0. The molecule has 3 rings (SSSR count). The molecule has 0 atom stereocenters. The van der Waals surface area contributed by atoms with Crippen LogP contribution in [0.1, 0.15) is 10.5 Å². The number of carbonyl (C=O) groups is 1. The Morgan fingerprint density at radius 1 is 0.958 bits per heavy atom. The molecule has 0 spiro atoms. The second-order valence-corrected chi connectivity index (χ2v) is 7.05. The molecule has 0 aliphatic carbocycles. The summed E-state index contributed by atoms with van der Waals surface area (Å²) < 4.78 is 24.9. The second kappa shape index (κ2) is 6.29. The molecule has 0 aliphatic rings. The summed E-state index contributed by atoms with van der Waals surface area (Å²) in [6, 6.07) is 17.5. The largest absolute Gasteiger partial charge is 0.321 e. The molecule has 2 aromatic carbocycles. The molecule has 7 heteroatoms. The van der Waals surface area contributed by atoms with Gasteiger partial charge in [0.2, 0.25) is 10.0 Å². The molecule has 0 saturated carbocycles. The molecular formula is C17H15N3O3S. The zero-order valence-electron chi connectivity index (χ0n) is 12.9. The summed E-state index contributed by atoms with van der Waals surface area (Å²) in [6.45, 7) is 0. The Hall–Kier alpha value is -2.93. The van der Waals surface area contributed by atoms with Crippen LogP contribution < -0.4 is 10.0 Å². The predicted octanol–water partition coefficient (Wildman–Crippen LogP) is 2.86. The third kappa shape index (κ3) is 3.88. The van der Waals surface area contributed by atoms with Crippen LogP contribution in [-0.4, -0.2) is 25.6 Å². The zero-order chi connectivity index (χ0) is 17.2. The van der Waals surface area contributed by atoms with Gasteiger partial charge in [0, 0.05) is 11.1 Å². The number of nitrogens with one attached hydrogen (secondary N) is 2. The maximum Gasteiger partial charge on any atom is 0.274 e. The fraction of sp³-hybridized carbons (Fsp3) is 0.0588. The van der Waals surface area contributed by atoms with Gasteiger partial charge in [0.1, 0.15) is 5.69 Å². The van der Waals surface area contributed by atoms with Gasteiger partial charge in [0.25, 0.3) is 5.91 Å². The second-order valence-electron chi connectivity index (χ2n) is 5.30. The van der Waals surface area contributed by atoms with Gasteiger partial charge in [-0.15, -0.1) is 0 Å². The van der Waals surface area contributed by atoms with Crippen LogP contribution in [0.3, 0.4) is 0 Å². The molecule has 0 bridgehead atoms.